The Bertz CT molecular complexity index is 719. The highest BCUT2D eigenvalue weighted by molar-refractivity contribution is 7.99. The molecular formula is C22H34N2O2S2. The lowest BCUT2D eigenvalue weighted by molar-refractivity contribution is -0.155. The molecule has 3 fully saturated rings. The maximum atomic E-state index is 13.1. The van der Waals surface area contributed by atoms with E-state index in [0.29, 0.717) is 0 Å². The third-order valence-corrected chi connectivity index (χ3v) is 8.98. The molecule has 28 heavy (non-hydrogen) atoms. The largest absolute Gasteiger partial charge is 0.338 e. The number of benzene rings is 1. The molecule has 2 aliphatic heterocycles. The second kappa shape index (κ2) is 8.49. The van der Waals surface area contributed by atoms with Gasteiger partial charge in [0.1, 0.15) is 0 Å². The summed E-state index contributed by atoms with van der Waals surface area (Å²) in [4.78, 5) is 16.0. The van der Waals surface area contributed by atoms with E-state index >= 15 is 0 Å². The van der Waals surface area contributed by atoms with Gasteiger partial charge in [-0.3, -0.25) is 4.79 Å². The molecule has 2 heterocycles. The molecule has 3 aliphatic rings. The van der Waals surface area contributed by atoms with Crippen LogP contribution in [-0.2, 0) is 15.8 Å². The number of carbonyl (C=O) groups is 1. The number of thioether (sulfide) groups is 1. The quantitative estimate of drug-likeness (QED) is 0.649. The summed E-state index contributed by atoms with van der Waals surface area (Å²) >= 11 is 1.86. The molecule has 156 valence electrons. The van der Waals surface area contributed by atoms with E-state index in [1.165, 1.54) is 4.90 Å². The molecule has 4 nitrogen and oxygen atoms in total. The first-order valence-corrected chi connectivity index (χ1v) is 12.5. The van der Waals surface area contributed by atoms with Crippen LogP contribution in [0.4, 0.5) is 0 Å². The Morgan fingerprint density at radius 1 is 1.25 bits per heavy atom. The lowest BCUT2D eigenvalue weighted by Crippen LogP contribution is -2.65. The average Bonchev–Trinajstić information content (AvgIpc) is 2.68. The molecule has 1 amide bonds. The smallest absolute Gasteiger partial charge is 0.225 e. The van der Waals surface area contributed by atoms with Crippen LogP contribution in [0.25, 0.3) is 0 Å². The van der Waals surface area contributed by atoms with Crippen molar-refractivity contribution in [2.45, 2.75) is 81.0 Å². The van der Waals surface area contributed by atoms with Crippen molar-refractivity contribution in [3.63, 3.8) is 0 Å². The Balaban J connectivity index is 1.95. The van der Waals surface area contributed by atoms with Crippen LogP contribution < -0.4 is 4.72 Å². The molecule has 1 saturated carbocycles. The van der Waals surface area contributed by atoms with Crippen molar-refractivity contribution < 1.29 is 9.00 Å². The number of rotatable bonds is 7. The zero-order valence-electron chi connectivity index (χ0n) is 17.8. The van der Waals surface area contributed by atoms with Gasteiger partial charge in [-0.15, -0.1) is 11.8 Å². The number of nitrogens with zero attached hydrogens (tertiary/aromatic N) is 1. The van der Waals surface area contributed by atoms with Gasteiger partial charge in [-0.2, -0.15) is 0 Å². The summed E-state index contributed by atoms with van der Waals surface area (Å²) in [6.07, 6.45) is 4.96. The van der Waals surface area contributed by atoms with Gasteiger partial charge in [0.25, 0.3) is 0 Å². The van der Waals surface area contributed by atoms with Crippen LogP contribution >= 0.6 is 11.8 Å². The normalized spacial score (nSPS) is 27.1. The van der Waals surface area contributed by atoms with Gasteiger partial charge in [-0.05, 0) is 76.3 Å². The third kappa shape index (κ3) is 4.19. The summed E-state index contributed by atoms with van der Waals surface area (Å²) in [5.41, 5.74) is 0.823. The number of hydrogen-bond acceptors (Lipinski definition) is 3. The number of hydrogen-bond donors (Lipinski definition) is 1. The first kappa shape index (κ1) is 21.8. The lowest BCUT2D eigenvalue weighted by Gasteiger charge is -2.56. The van der Waals surface area contributed by atoms with E-state index in [4.69, 9.17) is 0 Å². The molecule has 6 heteroatoms. The number of amides is 1. The molecular weight excluding hydrogens is 388 g/mol. The predicted octanol–water partition coefficient (Wildman–Crippen LogP) is 4.68. The Morgan fingerprint density at radius 2 is 1.86 bits per heavy atom. The van der Waals surface area contributed by atoms with E-state index in [9.17, 15) is 9.00 Å². The number of carbonyl (C=O) groups excluding carboxylic acids is 1. The Labute approximate surface area is 176 Å². The average molecular weight is 423 g/mol. The molecule has 2 unspecified atom stereocenters. The van der Waals surface area contributed by atoms with Gasteiger partial charge in [-0.25, -0.2) is 8.93 Å². The maximum absolute atomic E-state index is 13.1. The standard InChI is InChI=1S/C22H34N2O2S2/c1-6-15-27-18-9-7-16(8-10-18)19(23-28(26)21(2,3)4)22-13-11-17(12-14-22)20(25)24(22)5/h7-10,17,19,23H,6,11-15H2,1-5H3. The highest BCUT2D eigenvalue weighted by Crippen LogP contribution is 2.50. The SMILES string of the molecule is CCCSc1ccc(C(NS(=O)C(C)(C)C)C23CCC(CC2)C(=O)N3C)cc1. The van der Waals surface area contributed by atoms with Gasteiger partial charge in [0.05, 0.1) is 27.3 Å². The number of fused-ring (bicyclic) bond motifs is 3. The Hall–Kier alpha value is -0.850. The van der Waals surface area contributed by atoms with Crippen LogP contribution in [0.5, 0.6) is 0 Å². The van der Waals surface area contributed by atoms with Crippen molar-refractivity contribution in [2.24, 2.45) is 5.92 Å². The third-order valence-electron chi connectivity index (χ3n) is 6.20. The Morgan fingerprint density at radius 3 is 2.39 bits per heavy atom. The summed E-state index contributed by atoms with van der Waals surface area (Å²) in [7, 11) is 0.729. The minimum Gasteiger partial charge on any atom is -0.338 e. The lowest BCUT2D eigenvalue weighted by atomic mass is 9.65. The highest BCUT2D eigenvalue weighted by Gasteiger charge is 2.54. The van der Waals surface area contributed by atoms with Gasteiger partial charge < -0.3 is 4.90 Å². The molecule has 0 spiro atoms. The number of piperidine rings is 2. The van der Waals surface area contributed by atoms with Crippen molar-refractivity contribution in [2.75, 3.05) is 12.8 Å². The van der Waals surface area contributed by atoms with E-state index in [1.807, 2.05) is 44.5 Å². The van der Waals surface area contributed by atoms with Crippen LogP contribution in [0.3, 0.4) is 0 Å². The fourth-order valence-corrected chi connectivity index (χ4v) is 6.12. The summed E-state index contributed by atoms with van der Waals surface area (Å²) in [6, 6.07) is 8.51. The maximum Gasteiger partial charge on any atom is 0.225 e. The minimum atomic E-state index is -1.21. The van der Waals surface area contributed by atoms with Crippen molar-refractivity contribution in [1.82, 2.24) is 9.62 Å². The number of likely N-dealkylation sites (N-methyl/N-ethyl adjacent to an activating group) is 1. The van der Waals surface area contributed by atoms with Crippen LogP contribution in [0.1, 0.15) is 71.4 Å². The molecule has 2 saturated heterocycles. The van der Waals surface area contributed by atoms with Crippen LogP contribution in [0.15, 0.2) is 29.2 Å². The first-order valence-electron chi connectivity index (χ1n) is 10.4. The Kier molecular flexibility index (Phi) is 6.62. The van der Waals surface area contributed by atoms with Gasteiger partial charge in [0.15, 0.2) is 0 Å². The fraction of sp³-hybridized carbons (Fsp3) is 0.682. The van der Waals surface area contributed by atoms with Gasteiger partial charge in [-0.1, -0.05) is 19.1 Å². The van der Waals surface area contributed by atoms with E-state index in [0.717, 1.165) is 43.4 Å². The molecule has 2 atom stereocenters. The molecule has 0 radical (unpaired) electrons. The summed E-state index contributed by atoms with van der Waals surface area (Å²) in [5, 5.41) is 0. The van der Waals surface area contributed by atoms with E-state index < -0.39 is 11.0 Å². The van der Waals surface area contributed by atoms with Crippen molar-refractivity contribution >= 4 is 28.7 Å². The van der Waals surface area contributed by atoms with E-state index in [1.54, 1.807) is 0 Å². The molecule has 0 aromatic heterocycles. The van der Waals surface area contributed by atoms with Crippen LogP contribution in [-0.4, -0.2) is 38.1 Å². The van der Waals surface area contributed by atoms with E-state index in [-0.39, 0.29) is 28.2 Å². The van der Waals surface area contributed by atoms with Crippen molar-refractivity contribution in [3.8, 4) is 0 Å². The monoisotopic (exact) mass is 422 g/mol. The first-order chi connectivity index (χ1) is 13.2. The predicted molar refractivity (Wildman–Crippen MR) is 119 cm³/mol. The van der Waals surface area contributed by atoms with Crippen molar-refractivity contribution in [1.29, 1.82) is 0 Å². The molecule has 2 bridgehead atoms. The van der Waals surface area contributed by atoms with Crippen LogP contribution in [0.2, 0.25) is 0 Å². The number of nitrogens with one attached hydrogen (secondary N) is 1. The molecule has 1 aromatic carbocycles. The molecule has 4 rings (SSSR count). The van der Waals surface area contributed by atoms with Crippen LogP contribution in [0, 0.1) is 5.92 Å². The van der Waals surface area contributed by atoms with Gasteiger partial charge in [0, 0.05) is 17.9 Å². The molecule has 1 N–H and O–H groups in total. The molecule has 1 aromatic rings. The second-order valence-electron chi connectivity index (χ2n) is 9.12. The second-order valence-corrected chi connectivity index (χ2v) is 12.3. The van der Waals surface area contributed by atoms with Gasteiger partial charge >= 0.3 is 0 Å². The summed E-state index contributed by atoms with van der Waals surface area (Å²) in [5.74, 6) is 1.53. The van der Waals surface area contributed by atoms with Crippen molar-refractivity contribution in [3.05, 3.63) is 29.8 Å². The zero-order chi connectivity index (χ0) is 20.5. The fourth-order valence-electron chi connectivity index (χ4n) is 4.42. The molecule has 1 aliphatic carbocycles. The van der Waals surface area contributed by atoms with Gasteiger partial charge in [0.2, 0.25) is 5.91 Å². The minimum absolute atomic E-state index is 0.131. The highest BCUT2D eigenvalue weighted by atomic mass is 32.2. The topological polar surface area (TPSA) is 49.4 Å². The summed E-state index contributed by atoms with van der Waals surface area (Å²) < 4.78 is 16.1. The van der Waals surface area contributed by atoms with E-state index in [2.05, 4.69) is 35.9 Å². The summed E-state index contributed by atoms with van der Waals surface area (Å²) in [6.45, 7) is 8.15. The zero-order valence-corrected chi connectivity index (χ0v) is 19.4.